The molecule has 1 aromatic heterocycles. The van der Waals surface area contributed by atoms with E-state index in [1.165, 1.54) is 0 Å². The van der Waals surface area contributed by atoms with Crippen molar-refractivity contribution >= 4 is 10.0 Å². The van der Waals surface area contributed by atoms with E-state index in [1.54, 1.807) is 24.6 Å². The minimum absolute atomic E-state index is 0.0483. The van der Waals surface area contributed by atoms with E-state index in [2.05, 4.69) is 9.71 Å². The molecule has 110 valence electrons. The van der Waals surface area contributed by atoms with Gasteiger partial charge in [0, 0.05) is 24.8 Å². The van der Waals surface area contributed by atoms with Gasteiger partial charge in [0.1, 0.15) is 5.82 Å². The first-order valence-electron chi connectivity index (χ1n) is 6.44. The van der Waals surface area contributed by atoms with Crippen molar-refractivity contribution in [3.8, 4) is 0 Å². The average Bonchev–Trinajstić information content (AvgIpc) is 2.70. The first kappa shape index (κ1) is 16.1. The van der Waals surface area contributed by atoms with Crippen LogP contribution in [0.1, 0.15) is 33.5 Å². The first-order chi connectivity index (χ1) is 8.66. The van der Waals surface area contributed by atoms with Crippen LogP contribution in [0.25, 0.3) is 0 Å². The molecule has 19 heavy (non-hydrogen) atoms. The van der Waals surface area contributed by atoms with Crippen LogP contribution in [-0.2, 0) is 16.6 Å². The Bertz CT molecular complexity index is 536. The Morgan fingerprint density at radius 3 is 2.47 bits per heavy atom. The van der Waals surface area contributed by atoms with Crippen molar-refractivity contribution in [1.29, 1.82) is 0 Å². The number of hydrogen-bond donors (Lipinski definition) is 2. The normalized spacial score (nSPS) is 15.7. The molecule has 1 heterocycles. The molecule has 0 aromatic carbocycles. The fraction of sp³-hybridized carbons (Fsp3) is 0.750. The van der Waals surface area contributed by atoms with Gasteiger partial charge in [-0.15, -0.1) is 0 Å². The van der Waals surface area contributed by atoms with E-state index >= 15 is 0 Å². The third-order valence-electron chi connectivity index (χ3n) is 3.64. The van der Waals surface area contributed by atoms with Gasteiger partial charge < -0.3 is 10.3 Å². The van der Waals surface area contributed by atoms with Crippen molar-refractivity contribution in [2.24, 2.45) is 11.7 Å². The highest BCUT2D eigenvalue weighted by Crippen LogP contribution is 2.19. The highest BCUT2D eigenvalue weighted by atomic mass is 32.2. The molecule has 1 atom stereocenters. The van der Waals surface area contributed by atoms with Gasteiger partial charge in [-0.1, -0.05) is 13.8 Å². The quantitative estimate of drug-likeness (QED) is 0.812. The Labute approximate surface area is 115 Å². The van der Waals surface area contributed by atoms with Gasteiger partial charge in [-0.25, -0.2) is 18.1 Å². The smallest absolute Gasteiger partial charge is 0.260 e. The molecule has 0 aliphatic heterocycles. The third-order valence-corrected chi connectivity index (χ3v) is 5.12. The molecule has 0 bridgehead atoms. The van der Waals surface area contributed by atoms with Crippen LogP contribution in [0.3, 0.4) is 0 Å². The minimum Gasteiger partial charge on any atom is -0.334 e. The van der Waals surface area contributed by atoms with Crippen LogP contribution in [0.5, 0.6) is 0 Å². The fourth-order valence-corrected chi connectivity index (χ4v) is 3.24. The predicted octanol–water partition coefficient (Wildman–Crippen LogP) is 0.863. The molecule has 0 aliphatic rings. The third kappa shape index (κ3) is 3.34. The van der Waals surface area contributed by atoms with Crippen molar-refractivity contribution in [2.45, 2.75) is 51.7 Å². The molecule has 0 fully saturated rings. The summed E-state index contributed by atoms with van der Waals surface area (Å²) >= 11 is 0. The first-order valence-corrected chi connectivity index (χ1v) is 7.92. The Morgan fingerprint density at radius 2 is 2.11 bits per heavy atom. The summed E-state index contributed by atoms with van der Waals surface area (Å²) in [6, 6.07) is 0. The zero-order valence-corrected chi connectivity index (χ0v) is 13.1. The van der Waals surface area contributed by atoms with E-state index in [4.69, 9.17) is 5.73 Å². The summed E-state index contributed by atoms with van der Waals surface area (Å²) in [6.45, 7) is 10.3. The molecule has 1 unspecified atom stereocenters. The molecular formula is C12H24N4O2S. The minimum atomic E-state index is -3.65. The number of rotatable bonds is 6. The van der Waals surface area contributed by atoms with Gasteiger partial charge in [0.25, 0.3) is 10.0 Å². The van der Waals surface area contributed by atoms with Gasteiger partial charge in [-0.05, 0) is 26.7 Å². The number of aromatic nitrogens is 2. The summed E-state index contributed by atoms with van der Waals surface area (Å²) in [7, 11) is -3.65. The van der Waals surface area contributed by atoms with E-state index in [-0.39, 0.29) is 17.5 Å². The number of nitrogens with one attached hydrogen (secondary N) is 1. The highest BCUT2D eigenvalue weighted by molar-refractivity contribution is 7.89. The van der Waals surface area contributed by atoms with E-state index < -0.39 is 15.6 Å². The Morgan fingerprint density at radius 1 is 1.53 bits per heavy atom. The molecule has 0 aliphatic carbocycles. The highest BCUT2D eigenvalue weighted by Gasteiger charge is 2.33. The topological polar surface area (TPSA) is 90.0 Å². The molecule has 0 spiro atoms. The summed E-state index contributed by atoms with van der Waals surface area (Å²) in [5.41, 5.74) is 5.02. The molecule has 0 saturated carbocycles. The maximum Gasteiger partial charge on any atom is 0.260 e. The second kappa shape index (κ2) is 5.60. The second-order valence-corrected chi connectivity index (χ2v) is 6.92. The fourth-order valence-electron chi connectivity index (χ4n) is 1.68. The molecule has 7 heteroatoms. The number of sulfonamides is 1. The van der Waals surface area contributed by atoms with Crippen LogP contribution in [0, 0.1) is 12.8 Å². The summed E-state index contributed by atoms with van der Waals surface area (Å²) in [5, 5.41) is 0.0483. The van der Waals surface area contributed by atoms with Gasteiger partial charge in [-0.2, -0.15) is 0 Å². The Hall–Kier alpha value is -0.920. The molecule has 3 N–H and O–H groups in total. The molecule has 1 rings (SSSR count). The van der Waals surface area contributed by atoms with Crippen LogP contribution in [0.4, 0.5) is 0 Å². The van der Waals surface area contributed by atoms with Gasteiger partial charge in [0.2, 0.25) is 0 Å². The predicted molar refractivity (Wildman–Crippen MR) is 75.3 cm³/mol. The van der Waals surface area contributed by atoms with Crippen LogP contribution in [0.2, 0.25) is 0 Å². The summed E-state index contributed by atoms with van der Waals surface area (Å²) < 4.78 is 29.2. The number of imidazole rings is 1. The molecule has 0 saturated heterocycles. The lowest BCUT2D eigenvalue weighted by atomic mass is 9.90. The second-order valence-electron chi connectivity index (χ2n) is 5.29. The van der Waals surface area contributed by atoms with Gasteiger partial charge >= 0.3 is 0 Å². The van der Waals surface area contributed by atoms with Gasteiger partial charge in [-0.3, -0.25) is 0 Å². The SMILES string of the molecule is CCn1cc(S(=O)(=O)NC(C)(CN)C(C)C)nc1C. The zero-order chi connectivity index (χ0) is 14.8. The van der Waals surface area contributed by atoms with Gasteiger partial charge in [0.05, 0.1) is 0 Å². The van der Waals surface area contributed by atoms with Crippen molar-refractivity contribution in [3.63, 3.8) is 0 Å². The van der Waals surface area contributed by atoms with Crippen molar-refractivity contribution < 1.29 is 8.42 Å². The van der Waals surface area contributed by atoms with Crippen LogP contribution < -0.4 is 10.5 Å². The Kier molecular flexibility index (Phi) is 4.76. The maximum atomic E-state index is 12.4. The largest absolute Gasteiger partial charge is 0.334 e. The van der Waals surface area contributed by atoms with E-state index in [0.717, 1.165) is 0 Å². The Balaban J connectivity index is 3.10. The number of aryl methyl sites for hydroxylation is 2. The average molecular weight is 288 g/mol. The van der Waals surface area contributed by atoms with E-state index in [0.29, 0.717) is 12.4 Å². The van der Waals surface area contributed by atoms with Crippen molar-refractivity contribution in [3.05, 3.63) is 12.0 Å². The van der Waals surface area contributed by atoms with Crippen molar-refractivity contribution in [1.82, 2.24) is 14.3 Å². The van der Waals surface area contributed by atoms with E-state index in [1.807, 2.05) is 20.8 Å². The summed E-state index contributed by atoms with van der Waals surface area (Å²) in [4.78, 5) is 4.10. The number of nitrogens with zero attached hydrogens (tertiary/aromatic N) is 2. The standard InChI is InChI=1S/C12H24N4O2S/c1-6-16-7-11(14-10(16)4)19(17,18)15-12(5,8-13)9(2)3/h7,9,15H,6,8,13H2,1-5H3. The molecule has 0 radical (unpaired) electrons. The lowest BCUT2D eigenvalue weighted by molar-refractivity contribution is 0.314. The maximum absolute atomic E-state index is 12.4. The molecule has 6 nitrogen and oxygen atoms in total. The summed E-state index contributed by atoms with van der Waals surface area (Å²) in [6.07, 6.45) is 1.55. The van der Waals surface area contributed by atoms with Crippen LogP contribution in [-0.4, -0.2) is 30.1 Å². The lowest BCUT2D eigenvalue weighted by Crippen LogP contribution is -2.54. The number of nitrogens with two attached hydrogens (primary N) is 1. The van der Waals surface area contributed by atoms with Crippen LogP contribution >= 0.6 is 0 Å². The molecule has 0 amide bonds. The molecule has 1 aromatic rings. The summed E-state index contributed by atoms with van der Waals surface area (Å²) in [5.74, 6) is 0.767. The zero-order valence-electron chi connectivity index (χ0n) is 12.3. The van der Waals surface area contributed by atoms with Crippen molar-refractivity contribution in [2.75, 3.05) is 6.54 Å². The van der Waals surface area contributed by atoms with Crippen LogP contribution in [0.15, 0.2) is 11.2 Å². The van der Waals surface area contributed by atoms with Gasteiger partial charge in [0.15, 0.2) is 5.03 Å². The molecular weight excluding hydrogens is 264 g/mol. The monoisotopic (exact) mass is 288 g/mol. The van der Waals surface area contributed by atoms with E-state index in [9.17, 15) is 8.42 Å². The lowest BCUT2D eigenvalue weighted by Gasteiger charge is -2.32. The number of hydrogen-bond acceptors (Lipinski definition) is 4.